The summed E-state index contributed by atoms with van der Waals surface area (Å²) in [7, 11) is 0. The van der Waals surface area contributed by atoms with Gasteiger partial charge in [0.25, 0.3) is 0 Å². The van der Waals surface area contributed by atoms with E-state index in [0.717, 1.165) is 25.1 Å². The average molecular weight is 341 g/mol. The largest absolute Gasteiger partial charge is 0.433 e. The fourth-order valence-electron chi connectivity index (χ4n) is 2.68. The fourth-order valence-corrected chi connectivity index (χ4v) is 2.68. The molecule has 0 unspecified atom stereocenters. The second-order valence-electron chi connectivity index (χ2n) is 6.17. The first-order chi connectivity index (χ1) is 11.3. The van der Waals surface area contributed by atoms with E-state index in [1.54, 1.807) is 4.90 Å². The van der Waals surface area contributed by atoms with Crippen molar-refractivity contribution in [3.8, 4) is 0 Å². The summed E-state index contributed by atoms with van der Waals surface area (Å²) in [4.78, 5) is 13.8. The number of piperidine rings is 1. The zero-order chi connectivity index (χ0) is 17.3. The van der Waals surface area contributed by atoms with Crippen molar-refractivity contribution in [1.29, 1.82) is 0 Å². The number of aromatic nitrogens is 4. The van der Waals surface area contributed by atoms with Gasteiger partial charge >= 0.3 is 6.18 Å². The molecule has 1 aliphatic heterocycles. The molecule has 2 aromatic heterocycles. The van der Waals surface area contributed by atoms with Crippen molar-refractivity contribution in [2.75, 3.05) is 18.0 Å². The number of rotatable bonds is 3. The molecule has 2 aromatic rings. The summed E-state index contributed by atoms with van der Waals surface area (Å²) in [6, 6.07) is 0.874. The second kappa shape index (κ2) is 6.37. The monoisotopic (exact) mass is 341 g/mol. The lowest BCUT2D eigenvalue weighted by Gasteiger charge is -2.31. The van der Waals surface area contributed by atoms with Crippen LogP contribution in [0.4, 0.5) is 19.1 Å². The van der Waals surface area contributed by atoms with Crippen LogP contribution in [0.5, 0.6) is 0 Å². The molecule has 3 rings (SSSR count). The first-order valence-electron chi connectivity index (χ1n) is 7.83. The van der Waals surface area contributed by atoms with Crippen LogP contribution in [0.15, 0.2) is 16.8 Å². The molecule has 0 bridgehead atoms. The van der Waals surface area contributed by atoms with Gasteiger partial charge in [0.1, 0.15) is 5.69 Å². The Bertz CT molecular complexity index is 700. The topological polar surface area (TPSA) is 67.9 Å². The third-order valence-corrected chi connectivity index (χ3v) is 3.95. The SMILES string of the molecule is CC(C)c1nc([C@H]2CCCN(c3nccc(C(F)(F)F)n3)C2)no1. The van der Waals surface area contributed by atoms with E-state index < -0.39 is 11.9 Å². The number of nitrogens with zero attached hydrogens (tertiary/aromatic N) is 5. The van der Waals surface area contributed by atoms with Gasteiger partial charge in [0.15, 0.2) is 5.82 Å². The lowest BCUT2D eigenvalue weighted by molar-refractivity contribution is -0.141. The van der Waals surface area contributed by atoms with Gasteiger partial charge in [-0.2, -0.15) is 18.2 Å². The molecule has 3 heterocycles. The first kappa shape index (κ1) is 16.7. The van der Waals surface area contributed by atoms with Gasteiger partial charge in [-0.3, -0.25) is 0 Å². The maximum atomic E-state index is 12.8. The highest BCUT2D eigenvalue weighted by molar-refractivity contribution is 5.32. The van der Waals surface area contributed by atoms with Crippen molar-refractivity contribution in [3.63, 3.8) is 0 Å². The average Bonchev–Trinajstić information content (AvgIpc) is 3.05. The van der Waals surface area contributed by atoms with Crippen LogP contribution in [-0.4, -0.2) is 33.2 Å². The van der Waals surface area contributed by atoms with Gasteiger partial charge in [-0.25, -0.2) is 9.97 Å². The molecule has 130 valence electrons. The summed E-state index contributed by atoms with van der Waals surface area (Å²) in [5.41, 5.74) is -0.934. The molecule has 1 saturated heterocycles. The molecule has 0 saturated carbocycles. The molecule has 0 aromatic carbocycles. The lowest BCUT2D eigenvalue weighted by Crippen LogP contribution is -2.36. The Morgan fingerprint density at radius 3 is 2.75 bits per heavy atom. The van der Waals surface area contributed by atoms with Crippen LogP contribution in [0.2, 0.25) is 0 Å². The van der Waals surface area contributed by atoms with Gasteiger partial charge in [-0.15, -0.1) is 0 Å². The summed E-state index contributed by atoms with van der Waals surface area (Å²) in [6.45, 7) is 4.99. The summed E-state index contributed by atoms with van der Waals surface area (Å²) < 4.78 is 43.7. The minimum absolute atomic E-state index is 0.00635. The molecule has 1 fully saturated rings. The van der Waals surface area contributed by atoms with E-state index in [2.05, 4.69) is 20.1 Å². The van der Waals surface area contributed by atoms with E-state index >= 15 is 0 Å². The Labute approximate surface area is 137 Å². The van der Waals surface area contributed by atoms with Crippen LogP contribution in [0.25, 0.3) is 0 Å². The normalized spacial score (nSPS) is 19.1. The number of anilines is 1. The number of hydrogen-bond acceptors (Lipinski definition) is 6. The van der Waals surface area contributed by atoms with Gasteiger partial charge in [-0.1, -0.05) is 19.0 Å². The van der Waals surface area contributed by atoms with Gasteiger partial charge in [0.05, 0.1) is 0 Å². The van der Waals surface area contributed by atoms with Gasteiger partial charge < -0.3 is 9.42 Å². The predicted octanol–water partition coefficient (Wildman–Crippen LogP) is 3.39. The molecule has 1 aliphatic rings. The highest BCUT2D eigenvalue weighted by Crippen LogP contribution is 2.31. The maximum Gasteiger partial charge on any atom is 0.433 e. The van der Waals surface area contributed by atoms with Crippen LogP contribution in [0.3, 0.4) is 0 Å². The Morgan fingerprint density at radius 2 is 2.08 bits per heavy atom. The molecule has 0 amide bonds. The second-order valence-corrected chi connectivity index (χ2v) is 6.17. The molecular weight excluding hydrogens is 323 g/mol. The quantitative estimate of drug-likeness (QED) is 0.852. The fraction of sp³-hybridized carbons (Fsp3) is 0.600. The summed E-state index contributed by atoms with van der Waals surface area (Å²) in [5, 5.41) is 4.01. The Kier molecular flexibility index (Phi) is 4.42. The molecule has 0 aliphatic carbocycles. The molecular formula is C15H18F3N5O. The van der Waals surface area contributed by atoms with Crippen molar-refractivity contribution in [1.82, 2.24) is 20.1 Å². The third-order valence-electron chi connectivity index (χ3n) is 3.95. The zero-order valence-corrected chi connectivity index (χ0v) is 13.4. The minimum atomic E-state index is -4.48. The van der Waals surface area contributed by atoms with Crippen LogP contribution in [-0.2, 0) is 6.18 Å². The van der Waals surface area contributed by atoms with Crippen LogP contribution >= 0.6 is 0 Å². The molecule has 9 heteroatoms. The molecule has 6 nitrogen and oxygen atoms in total. The number of alkyl halides is 3. The molecule has 0 radical (unpaired) electrons. The number of hydrogen-bond donors (Lipinski definition) is 0. The minimum Gasteiger partial charge on any atom is -0.340 e. The first-order valence-corrected chi connectivity index (χ1v) is 7.83. The van der Waals surface area contributed by atoms with Crippen LogP contribution in [0.1, 0.15) is 55.9 Å². The van der Waals surface area contributed by atoms with Crippen molar-refractivity contribution in [2.45, 2.75) is 44.7 Å². The third kappa shape index (κ3) is 3.49. The van der Waals surface area contributed by atoms with Crippen LogP contribution < -0.4 is 4.90 Å². The van der Waals surface area contributed by atoms with Gasteiger partial charge in [0, 0.05) is 31.1 Å². The van der Waals surface area contributed by atoms with E-state index in [1.807, 2.05) is 13.8 Å². The lowest BCUT2D eigenvalue weighted by atomic mass is 9.97. The van der Waals surface area contributed by atoms with E-state index in [0.29, 0.717) is 24.8 Å². The molecule has 24 heavy (non-hydrogen) atoms. The van der Waals surface area contributed by atoms with Crippen molar-refractivity contribution >= 4 is 5.95 Å². The standard InChI is InChI=1S/C15H18F3N5O/c1-9(2)13-21-12(22-24-13)10-4-3-7-23(8-10)14-19-6-5-11(20-14)15(16,17)18/h5-6,9-10H,3-4,7-8H2,1-2H3/t10-/m0/s1. The van der Waals surface area contributed by atoms with Crippen LogP contribution in [0, 0.1) is 0 Å². The zero-order valence-electron chi connectivity index (χ0n) is 13.4. The van der Waals surface area contributed by atoms with Crippen molar-refractivity contribution in [2.24, 2.45) is 0 Å². The van der Waals surface area contributed by atoms with Gasteiger partial charge in [-0.05, 0) is 18.9 Å². The van der Waals surface area contributed by atoms with E-state index in [1.165, 1.54) is 0 Å². The van der Waals surface area contributed by atoms with Gasteiger partial charge in [0.2, 0.25) is 11.8 Å². The smallest absolute Gasteiger partial charge is 0.340 e. The Hall–Kier alpha value is -2.19. The summed E-state index contributed by atoms with van der Waals surface area (Å²) >= 11 is 0. The number of halogens is 3. The summed E-state index contributed by atoms with van der Waals surface area (Å²) in [6.07, 6.45) is -1.69. The predicted molar refractivity (Wildman–Crippen MR) is 79.6 cm³/mol. The molecule has 1 atom stereocenters. The van der Waals surface area contributed by atoms with Crippen molar-refractivity contribution in [3.05, 3.63) is 29.7 Å². The molecule has 0 N–H and O–H groups in total. The highest BCUT2D eigenvalue weighted by Gasteiger charge is 2.34. The van der Waals surface area contributed by atoms with Crippen molar-refractivity contribution < 1.29 is 17.7 Å². The van der Waals surface area contributed by atoms with E-state index in [9.17, 15) is 13.2 Å². The van der Waals surface area contributed by atoms with E-state index in [4.69, 9.17) is 4.52 Å². The summed E-state index contributed by atoms with van der Waals surface area (Å²) in [5.74, 6) is 1.38. The highest BCUT2D eigenvalue weighted by atomic mass is 19.4. The maximum absolute atomic E-state index is 12.8. The molecule has 0 spiro atoms. The Balaban J connectivity index is 1.78. The van der Waals surface area contributed by atoms with E-state index in [-0.39, 0.29) is 17.8 Å². The Morgan fingerprint density at radius 1 is 1.29 bits per heavy atom.